The first-order valence-electron chi connectivity index (χ1n) is 9.00. The van der Waals surface area contributed by atoms with E-state index in [4.69, 9.17) is 4.74 Å². The lowest BCUT2D eigenvalue weighted by Gasteiger charge is -2.11. The lowest BCUT2D eigenvalue weighted by Crippen LogP contribution is -2.31. The maximum Gasteiger partial charge on any atom is 0.224 e. The molecule has 0 spiro atoms. The predicted octanol–water partition coefficient (Wildman–Crippen LogP) is 3.01. The lowest BCUT2D eigenvalue weighted by atomic mass is 10.2. The van der Waals surface area contributed by atoms with Gasteiger partial charge >= 0.3 is 0 Å². The van der Waals surface area contributed by atoms with Crippen LogP contribution in [0.15, 0.2) is 18.2 Å². The highest BCUT2D eigenvalue weighted by atomic mass is 32.2. The third-order valence-electron chi connectivity index (χ3n) is 3.76. The number of rotatable bonds is 12. The SMILES string of the molecule is CCCCOc1ccc(NC(=O)CCCCNS(=O)(=O)C(C)C)c(O)c1. The number of aromatic hydroxyl groups is 1. The van der Waals surface area contributed by atoms with E-state index in [2.05, 4.69) is 17.0 Å². The number of sulfonamides is 1. The Hall–Kier alpha value is -1.80. The molecule has 8 heteroatoms. The quantitative estimate of drug-likeness (QED) is 0.378. The van der Waals surface area contributed by atoms with E-state index in [0.29, 0.717) is 37.4 Å². The predicted molar refractivity (Wildman–Crippen MR) is 103 cm³/mol. The van der Waals surface area contributed by atoms with Gasteiger partial charge in [0.2, 0.25) is 15.9 Å². The molecule has 0 aromatic heterocycles. The Bertz CT molecular complexity index is 674. The first-order valence-corrected chi connectivity index (χ1v) is 10.5. The summed E-state index contributed by atoms with van der Waals surface area (Å²) in [5, 5.41) is 12.2. The molecule has 1 aromatic rings. The number of carbonyl (C=O) groups is 1. The number of phenolic OH excluding ortho intramolecular Hbond substituents is 1. The number of unbranched alkanes of at least 4 members (excludes halogenated alkanes) is 2. The zero-order valence-corrected chi connectivity index (χ0v) is 16.6. The Labute approximate surface area is 156 Å². The van der Waals surface area contributed by atoms with Crippen LogP contribution in [0.2, 0.25) is 0 Å². The van der Waals surface area contributed by atoms with Crippen LogP contribution in [-0.2, 0) is 14.8 Å². The molecule has 7 nitrogen and oxygen atoms in total. The van der Waals surface area contributed by atoms with Crippen molar-refractivity contribution in [3.63, 3.8) is 0 Å². The molecule has 3 N–H and O–H groups in total. The minimum absolute atomic E-state index is 0.0444. The molecule has 0 saturated heterocycles. The molecule has 1 rings (SSSR count). The minimum Gasteiger partial charge on any atom is -0.506 e. The highest BCUT2D eigenvalue weighted by Crippen LogP contribution is 2.28. The Morgan fingerprint density at radius 3 is 2.58 bits per heavy atom. The van der Waals surface area contributed by atoms with E-state index in [0.717, 1.165) is 12.8 Å². The van der Waals surface area contributed by atoms with E-state index in [1.165, 1.54) is 6.07 Å². The molecule has 0 unspecified atom stereocenters. The van der Waals surface area contributed by atoms with Crippen molar-refractivity contribution < 1.29 is 23.1 Å². The van der Waals surface area contributed by atoms with E-state index in [-0.39, 0.29) is 18.1 Å². The van der Waals surface area contributed by atoms with Gasteiger partial charge in [0.1, 0.15) is 11.5 Å². The minimum atomic E-state index is -3.26. The molecule has 0 radical (unpaired) electrons. The van der Waals surface area contributed by atoms with Gasteiger partial charge in [-0.15, -0.1) is 0 Å². The molecule has 0 bridgehead atoms. The van der Waals surface area contributed by atoms with E-state index >= 15 is 0 Å². The first kappa shape index (κ1) is 22.2. The molecular weight excluding hydrogens is 356 g/mol. The van der Waals surface area contributed by atoms with Gasteiger partial charge in [-0.1, -0.05) is 13.3 Å². The Balaban J connectivity index is 2.34. The van der Waals surface area contributed by atoms with Crippen molar-refractivity contribution in [2.75, 3.05) is 18.5 Å². The zero-order valence-electron chi connectivity index (χ0n) is 15.7. The summed E-state index contributed by atoms with van der Waals surface area (Å²) in [5.41, 5.74) is 0.332. The number of hydrogen-bond donors (Lipinski definition) is 3. The summed E-state index contributed by atoms with van der Waals surface area (Å²) in [6, 6.07) is 4.78. The van der Waals surface area contributed by atoms with E-state index in [1.807, 2.05) is 0 Å². The van der Waals surface area contributed by atoms with Crippen molar-refractivity contribution >= 4 is 21.6 Å². The molecule has 26 heavy (non-hydrogen) atoms. The summed E-state index contributed by atoms with van der Waals surface area (Å²) in [4.78, 5) is 11.9. The Kier molecular flexibility index (Phi) is 9.43. The zero-order chi connectivity index (χ0) is 19.6. The van der Waals surface area contributed by atoms with Crippen LogP contribution >= 0.6 is 0 Å². The third kappa shape index (κ3) is 8.05. The molecule has 0 fully saturated rings. The van der Waals surface area contributed by atoms with Crippen LogP contribution in [0.3, 0.4) is 0 Å². The van der Waals surface area contributed by atoms with Gasteiger partial charge in [-0.2, -0.15) is 0 Å². The van der Waals surface area contributed by atoms with Gasteiger partial charge in [-0.25, -0.2) is 13.1 Å². The number of amides is 1. The van der Waals surface area contributed by atoms with Crippen LogP contribution in [0.25, 0.3) is 0 Å². The fourth-order valence-corrected chi connectivity index (χ4v) is 2.81. The monoisotopic (exact) mass is 386 g/mol. The van der Waals surface area contributed by atoms with Gasteiger partial charge in [0, 0.05) is 19.0 Å². The number of anilines is 1. The van der Waals surface area contributed by atoms with Crippen LogP contribution < -0.4 is 14.8 Å². The van der Waals surface area contributed by atoms with Crippen LogP contribution in [0, 0.1) is 0 Å². The summed E-state index contributed by atoms with van der Waals surface area (Å²) in [6.07, 6.45) is 3.32. The molecule has 1 aromatic carbocycles. The summed E-state index contributed by atoms with van der Waals surface area (Å²) in [5.74, 6) is 0.287. The maximum absolute atomic E-state index is 11.9. The fraction of sp³-hybridized carbons (Fsp3) is 0.611. The van der Waals surface area contributed by atoms with Gasteiger partial charge < -0.3 is 15.2 Å². The fourth-order valence-electron chi connectivity index (χ4n) is 2.05. The number of nitrogens with one attached hydrogen (secondary N) is 2. The summed E-state index contributed by atoms with van der Waals surface area (Å²) < 4.78 is 31.2. The van der Waals surface area contributed by atoms with Crippen LogP contribution in [0.4, 0.5) is 5.69 Å². The van der Waals surface area contributed by atoms with Gasteiger partial charge in [0.05, 0.1) is 17.5 Å². The topological polar surface area (TPSA) is 105 Å². The Morgan fingerprint density at radius 2 is 1.96 bits per heavy atom. The van der Waals surface area contributed by atoms with Crippen molar-refractivity contribution in [1.82, 2.24) is 4.72 Å². The number of phenols is 1. The largest absolute Gasteiger partial charge is 0.506 e. The lowest BCUT2D eigenvalue weighted by molar-refractivity contribution is -0.116. The van der Waals surface area contributed by atoms with Gasteiger partial charge in [0.15, 0.2) is 0 Å². The highest BCUT2D eigenvalue weighted by Gasteiger charge is 2.14. The number of hydrogen-bond acceptors (Lipinski definition) is 5. The molecule has 0 atom stereocenters. The van der Waals surface area contributed by atoms with Crippen LogP contribution in [0.1, 0.15) is 52.9 Å². The molecule has 0 aliphatic rings. The van der Waals surface area contributed by atoms with Gasteiger partial charge in [-0.3, -0.25) is 4.79 Å². The number of ether oxygens (including phenoxy) is 1. The second-order valence-electron chi connectivity index (χ2n) is 6.37. The van der Waals surface area contributed by atoms with Gasteiger partial charge in [0.25, 0.3) is 0 Å². The van der Waals surface area contributed by atoms with Crippen molar-refractivity contribution in [2.24, 2.45) is 0 Å². The second-order valence-corrected chi connectivity index (χ2v) is 8.70. The number of benzene rings is 1. The van der Waals surface area contributed by atoms with Crippen molar-refractivity contribution in [2.45, 2.75) is 58.1 Å². The van der Waals surface area contributed by atoms with E-state index in [9.17, 15) is 18.3 Å². The first-order chi connectivity index (χ1) is 12.3. The van der Waals surface area contributed by atoms with Crippen LogP contribution in [0.5, 0.6) is 11.5 Å². The normalized spacial score (nSPS) is 11.5. The molecule has 0 aliphatic carbocycles. The van der Waals surface area contributed by atoms with Crippen molar-refractivity contribution in [3.8, 4) is 11.5 Å². The van der Waals surface area contributed by atoms with E-state index in [1.54, 1.807) is 26.0 Å². The maximum atomic E-state index is 11.9. The average Bonchev–Trinajstić information content (AvgIpc) is 2.57. The Morgan fingerprint density at radius 1 is 1.23 bits per heavy atom. The molecule has 148 valence electrons. The van der Waals surface area contributed by atoms with Gasteiger partial charge in [-0.05, 0) is 45.2 Å². The molecule has 0 saturated carbocycles. The summed E-state index contributed by atoms with van der Waals surface area (Å²) >= 11 is 0. The van der Waals surface area contributed by atoms with Crippen LogP contribution in [-0.4, -0.2) is 37.8 Å². The third-order valence-corrected chi connectivity index (χ3v) is 5.61. The summed E-state index contributed by atoms with van der Waals surface area (Å²) in [6.45, 7) is 6.19. The molecule has 1 amide bonds. The molecule has 0 heterocycles. The molecule has 0 aliphatic heterocycles. The smallest absolute Gasteiger partial charge is 0.224 e. The van der Waals surface area contributed by atoms with Crippen molar-refractivity contribution in [3.05, 3.63) is 18.2 Å². The summed E-state index contributed by atoms with van der Waals surface area (Å²) in [7, 11) is -3.26. The average molecular weight is 387 g/mol. The second kappa shape index (κ2) is 11.0. The standard InChI is InChI=1S/C18H30N2O5S/c1-4-5-12-25-15-9-10-16(17(21)13-15)20-18(22)8-6-7-11-19-26(23,24)14(2)3/h9-10,13-14,19,21H,4-8,11-12H2,1-3H3,(H,20,22). The van der Waals surface area contributed by atoms with Crippen molar-refractivity contribution in [1.29, 1.82) is 0 Å². The highest BCUT2D eigenvalue weighted by molar-refractivity contribution is 7.90. The number of carbonyl (C=O) groups excluding carboxylic acids is 1. The molecular formula is C18H30N2O5S. The van der Waals surface area contributed by atoms with E-state index < -0.39 is 15.3 Å².